The van der Waals surface area contributed by atoms with Crippen molar-refractivity contribution in [3.8, 4) is 0 Å². The van der Waals surface area contributed by atoms with E-state index in [2.05, 4.69) is 10.3 Å². The second-order valence-electron chi connectivity index (χ2n) is 5.60. The molecule has 0 unspecified atom stereocenters. The Morgan fingerprint density at radius 3 is 2.48 bits per heavy atom. The van der Waals surface area contributed by atoms with Gasteiger partial charge in [0.2, 0.25) is 5.56 Å². The summed E-state index contributed by atoms with van der Waals surface area (Å²) in [5, 5.41) is 12.6. The number of aromatic amines is 1. The first-order valence-electron chi connectivity index (χ1n) is 7.57. The number of benzene rings is 1. The smallest absolute Gasteiger partial charge is 0.305 e. The van der Waals surface area contributed by atoms with E-state index >= 15 is 0 Å². The minimum Gasteiger partial charge on any atom is -0.481 e. The Balaban J connectivity index is 2.44. The highest BCUT2D eigenvalue weighted by Crippen LogP contribution is 2.22. The summed E-state index contributed by atoms with van der Waals surface area (Å²) in [5.41, 5.74) is -0.374. The molecule has 1 aromatic heterocycles. The summed E-state index contributed by atoms with van der Waals surface area (Å²) in [5.74, 6) is -1.40. The van der Waals surface area contributed by atoms with E-state index in [1.807, 2.05) is 13.8 Å². The molecule has 23 heavy (non-hydrogen) atoms. The van der Waals surface area contributed by atoms with Crippen LogP contribution in [0.5, 0.6) is 0 Å². The molecule has 6 nitrogen and oxygen atoms in total. The van der Waals surface area contributed by atoms with Crippen molar-refractivity contribution in [2.24, 2.45) is 0 Å². The van der Waals surface area contributed by atoms with Crippen LogP contribution in [0.3, 0.4) is 0 Å². The Labute approximate surface area is 133 Å². The molecule has 2 rings (SSSR count). The zero-order valence-corrected chi connectivity index (χ0v) is 13.2. The summed E-state index contributed by atoms with van der Waals surface area (Å²) in [7, 11) is 0. The first-order valence-corrected chi connectivity index (χ1v) is 7.57. The minimum atomic E-state index is -0.968. The molecule has 0 saturated carbocycles. The maximum absolute atomic E-state index is 12.7. The quantitative estimate of drug-likeness (QED) is 0.761. The zero-order valence-electron chi connectivity index (χ0n) is 13.2. The van der Waals surface area contributed by atoms with Crippen molar-refractivity contribution < 1.29 is 14.7 Å². The molecule has 6 heteroatoms. The van der Waals surface area contributed by atoms with Gasteiger partial charge in [-0.1, -0.05) is 32.0 Å². The molecule has 0 fully saturated rings. The van der Waals surface area contributed by atoms with Crippen LogP contribution in [0.15, 0.2) is 35.1 Å². The molecule has 0 saturated heterocycles. The fourth-order valence-electron chi connectivity index (χ4n) is 2.71. The number of carbonyl (C=O) groups excluding carboxylic acids is 1. The highest BCUT2D eigenvalue weighted by molar-refractivity contribution is 6.06. The van der Waals surface area contributed by atoms with Crippen molar-refractivity contribution in [2.75, 3.05) is 0 Å². The highest BCUT2D eigenvalue weighted by Gasteiger charge is 2.31. The molecule has 0 spiro atoms. The van der Waals surface area contributed by atoms with Crippen LogP contribution in [-0.4, -0.2) is 27.5 Å². The Morgan fingerprint density at radius 2 is 1.87 bits per heavy atom. The molecule has 0 atom stereocenters. The number of carboxylic acids is 1. The molecule has 1 amide bonds. The number of fused-ring (bicyclic) bond motifs is 1. The normalized spacial score (nSPS) is 11.4. The fourth-order valence-corrected chi connectivity index (χ4v) is 2.71. The van der Waals surface area contributed by atoms with Crippen LogP contribution in [0, 0.1) is 0 Å². The molecule has 122 valence electrons. The van der Waals surface area contributed by atoms with Crippen LogP contribution in [0.25, 0.3) is 10.9 Å². The van der Waals surface area contributed by atoms with Gasteiger partial charge in [-0.25, -0.2) is 0 Å². The van der Waals surface area contributed by atoms with Crippen molar-refractivity contribution >= 4 is 22.8 Å². The Kier molecular flexibility index (Phi) is 4.83. The summed E-state index contributed by atoms with van der Waals surface area (Å²) in [6.45, 7) is 3.67. The molecule has 0 aliphatic rings. The van der Waals surface area contributed by atoms with Crippen LogP contribution >= 0.6 is 0 Å². The SMILES string of the molecule is CCC(CC)(CC(=O)O)NC(=O)c1cc(=O)[nH]c2ccccc12. The number of nitrogens with one attached hydrogen (secondary N) is 2. The molecule has 1 heterocycles. The molecule has 0 radical (unpaired) electrons. The fraction of sp³-hybridized carbons (Fsp3) is 0.353. The van der Waals surface area contributed by atoms with E-state index in [0.29, 0.717) is 23.7 Å². The molecule has 0 aliphatic carbocycles. The van der Waals surface area contributed by atoms with Gasteiger partial charge in [0.05, 0.1) is 17.5 Å². The summed E-state index contributed by atoms with van der Waals surface area (Å²) in [6.07, 6.45) is 0.818. The van der Waals surface area contributed by atoms with E-state index in [1.54, 1.807) is 24.3 Å². The minimum absolute atomic E-state index is 0.160. The molecular weight excluding hydrogens is 296 g/mol. The summed E-state index contributed by atoms with van der Waals surface area (Å²) < 4.78 is 0. The van der Waals surface area contributed by atoms with Crippen LogP contribution in [-0.2, 0) is 4.79 Å². The third-order valence-electron chi connectivity index (χ3n) is 4.22. The number of carboxylic acid groups (broad SMARTS) is 1. The van der Waals surface area contributed by atoms with E-state index in [4.69, 9.17) is 5.11 Å². The van der Waals surface area contributed by atoms with Gasteiger partial charge in [0, 0.05) is 17.0 Å². The van der Waals surface area contributed by atoms with Crippen molar-refractivity contribution in [1.29, 1.82) is 0 Å². The summed E-state index contributed by atoms with van der Waals surface area (Å²) >= 11 is 0. The zero-order chi connectivity index (χ0) is 17.0. The lowest BCUT2D eigenvalue weighted by Gasteiger charge is -2.31. The van der Waals surface area contributed by atoms with Crippen LogP contribution in [0.4, 0.5) is 0 Å². The Hall–Kier alpha value is -2.63. The average Bonchev–Trinajstić information content (AvgIpc) is 2.52. The second kappa shape index (κ2) is 6.64. The van der Waals surface area contributed by atoms with Gasteiger partial charge in [-0.15, -0.1) is 0 Å². The Morgan fingerprint density at radius 1 is 1.22 bits per heavy atom. The first kappa shape index (κ1) is 16.7. The lowest BCUT2D eigenvalue weighted by Crippen LogP contribution is -2.49. The van der Waals surface area contributed by atoms with E-state index in [0.717, 1.165) is 0 Å². The number of rotatable bonds is 6. The van der Waals surface area contributed by atoms with E-state index in [1.165, 1.54) is 6.07 Å². The van der Waals surface area contributed by atoms with Gasteiger partial charge in [0.1, 0.15) is 0 Å². The number of aliphatic carboxylic acids is 1. The van der Waals surface area contributed by atoms with E-state index < -0.39 is 17.4 Å². The van der Waals surface area contributed by atoms with Gasteiger partial charge < -0.3 is 15.4 Å². The number of pyridine rings is 1. The van der Waals surface area contributed by atoms with Gasteiger partial charge in [0.15, 0.2) is 0 Å². The number of aromatic nitrogens is 1. The number of carbonyl (C=O) groups is 2. The van der Waals surface area contributed by atoms with Gasteiger partial charge in [-0.05, 0) is 18.9 Å². The van der Waals surface area contributed by atoms with Crippen LogP contribution < -0.4 is 10.9 Å². The lowest BCUT2D eigenvalue weighted by atomic mass is 9.88. The van der Waals surface area contributed by atoms with Crippen molar-refractivity contribution in [1.82, 2.24) is 10.3 Å². The summed E-state index contributed by atoms with van der Waals surface area (Å²) in [6, 6.07) is 8.26. The summed E-state index contributed by atoms with van der Waals surface area (Å²) in [4.78, 5) is 38.2. The maximum Gasteiger partial charge on any atom is 0.305 e. The first-order chi connectivity index (χ1) is 10.9. The monoisotopic (exact) mass is 316 g/mol. The maximum atomic E-state index is 12.7. The van der Waals surface area contributed by atoms with E-state index in [9.17, 15) is 14.4 Å². The number of hydrogen-bond acceptors (Lipinski definition) is 3. The van der Waals surface area contributed by atoms with Gasteiger partial charge >= 0.3 is 5.97 Å². The predicted octanol–water partition coefficient (Wildman–Crippen LogP) is 2.29. The molecule has 3 N–H and O–H groups in total. The third-order valence-corrected chi connectivity index (χ3v) is 4.22. The lowest BCUT2D eigenvalue weighted by molar-refractivity contribution is -0.138. The van der Waals surface area contributed by atoms with Gasteiger partial charge in [-0.2, -0.15) is 0 Å². The van der Waals surface area contributed by atoms with Crippen molar-refractivity contribution in [3.63, 3.8) is 0 Å². The number of para-hydroxylation sites is 1. The second-order valence-corrected chi connectivity index (χ2v) is 5.60. The molecule has 1 aromatic carbocycles. The van der Waals surface area contributed by atoms with Crippen LogP contribution in [0.2, 0.25) is 0 Å². The molecule has 0 bridgehead atoms. The standard InChI is InChI=1S/C17H20N2O4/c1-3-17(4-2,10-15(21)22)19-16(23)12-9-14(20)18-13-8-6-5-7-11(12)13/h5-9H,3-4,10H2,1-2H3,(H,18,20)(H,19,23)(H,21,22). The van der Waals surface area contributed by atoms with E-state index in [-0.39, 0.29) is 17.5 Å². The van der Waals surface area contributed by atoms with Gasteiger partial charge in [-0.3, -0.25) is 14.4 Å². The largest absolute Gasteiger partial charge is 0.481 e. The Bertz CT molecular complexity index is 791. The number of hydrogen-bond donors (Lipinski definition) is 3. The number of H-pyrrole nitrogens is 1. The predicted molar refractivity (Wildman–Crippen MR) is 87.6 cm³/mol. The molecular formula is C17H20N2O4. The topological polar surface area (TPSA) is 99.3 Å². The average molecular weight is 316 g/mol. The third kappa shape index (κ3) is 3.59. The highest BCUT2D eigenvalue weighted by atomic mass is 16.4. The molecule has 2 aromatic rings. The number of amides is 1. The van der Waals surface area contributed by atoms with Gasteiger partial charge in [0.25, 0.3) is 5.91 Å². The molecule has 0 aliphatic heterocycles. The van der Waals surface area contributed by atoms with Crippen LogP contribution in [0.1, 0.15) is 43.5 Å². The van der Waals surface area contributed by atoms with Crippen molar-refractivity contribution in [3.05, 3.63) is 46.2 Å². The van der Waals surface area contributed by atoms with Crippen molar-refractivity contribution in [2.45, 2.75) is 38.6 Å².